The Bertz CT molecular complexity index is 835. The number of rotatable bonds is 3. The minimum atomic E-state index is -0.308. The second-order valence-corrected chi connectivity index (χ2v) is 7.02. The Morgan fingerprint density at radius 3 is 2.88 bits per heavy atom. The summed E-state index contributed by atoms with van der Waals surface area (Å²) in [6, 6.07) is 5.20. The number of nitrogens with two attached hydrogens (primary N) is 1. The van der Waals surface area contributed by atoms with Crippen molar-refractivity contribution in [3.05, 3.63) is 46.5 Å². The number of nitrogens with zero attached hydrogens (tertiary/aromatic N) is 3. The Kier molecular flexibility index (Phi) is 5.34. The Balaban J connectivity index is 0.00000196. The third-order valence-corrected chi connectivity index (χ3v) is 5.37. The number of halogens is 2. The molecule has 0 bridgehead atoms. The van der Waals surface area contributed by atoms with E-state index in [1.54, 1.807) is 10.7 Å². The van der Waals surface area contributed by atoms with Gasteiger partial charge in [0.1, 0.15) is 11.5 Å². The molecule has 2 aliphatic rings. The highest BCUT2D eigenvalue weighted by molar-refractivity contribution is 5.94. The molecule has 1 atom stereocenters. The molecular weight excluding hydrogens is 355 g/mol. The van der Waals surface area contributed by atoms with Gasteiger partial charge in [0.05, 0.1) is 0 Å². The van der Waals surface area contributed by atoms with Crippen LogP contribution in [-0.2, 0) is 12.8 Å². The second kappa shape index (κ2) is 7.37. The topological polar surface area (TPSA) is 64.2 Å². The number of fused-ring (bicyclic) bond motifs is 1. The lowest BCUT2D eigenvalue weighted by molar-refractivity contribution is 0.0733. The van der Waals surface area contributed by atoms with Crippen LogP contribution in [0.3, 0.4) is 0 Å². The predicted octanol–water partition coefficient (Wildman–Crippen LogP) is 2.79. The molecule has 2 N–H and O–H groups in total. The fourth-order valence-corrected chi connectivity index (χ4v) is 4.08. The fraction of sp³-hybridized carbons (Fsp3) is 0.474. The summed E-state index contributed by atoms with van der Waals surface area (Å²) < 4.78 is 16.1. The molecule has 1 saturated heterocycles. The molecule has 1 aliphatic carbocycles. The van der Waals surface area contributed by atoms with Gasteiger partial charge in [0.2, 0.25) is 0 Å². The van der Waals surface area contributed by atoms with Gasteiger partial charge in [-0.1, -0.05) is 6.07 Å². The number of carbonyl (C=O) groups is 1. The molecule has 1 aromatic heterocycles. The van der Waals surface area contributed by atoms with Gasteiger partial charge in [-0.2, -0.15) is 5.10 Å². The van der Waals surface area contributed by atoms with E-state index in [0.717, 1.165) is 55.5 Å². The summed E-state index contributed by atoms with van der Waals surface area (Å²) in [6.07, 6.45) is 4.54. The average Bonchev–Trinajstić information content (AvgIpc) is 3.30. The molecule has 1 aliphatic heterocycles. The number of amides is 1. The molecule has 0 radical (unpaired) electrons. The van der Waals surface area contributed by atoms with Gasteiger partial charge in [0.25, 0.3) is 5.91 Å². The van der Waals surface area contributed by atoms with Crippen molar-refractivity contribution in [3.8, 4) is 5.69 Å². The maximum Gasteiger partial charge on any atom is 0.274 e. The van der Waals surface area contributed by atoms with Crippen LogP contribution in [0.15, 0.2) is 18.2 Å². The molecule has 26 heavy (non-hydrogen) atoms. The second-order valence-electron chi connectivity index (χ2n) is 7.02. The lowest BCUT2D eigenvalue weighted by Crippen LogP contribution is -2.40. The number of likely N-dealkylation sites (tertiary alicyclic amines) is 1. The van der Waals surface area contributed by atoms with Crippen molar-refractivity contribution in [2.75, 3.05) is 13.1 Å². The van der Waals surface area contributed by atoms with Crippen molar-refractivity contribution in [1.29, 1.82) is 0 Å². The van der Waals surface area contributed by atoms with Gasteiger partial charge in [-0.15, -0.1) is 12.4 Å². The molecule has 2 aromatic rings. The SMILES string of the molecule is Cc1ccc(-n2nc(C(=O)N3CCCC3CN)c3c2CCC3)c(F)c1.Cl. The van der Waals surface area contributed by atoms with Crippen LogP contribution < -0.4 is 5.73 Å². The van der Waals surface area contributed by atoms with Gasteiger partial charge in [0.15, 0.2) is 5.69 Å². The number of benzene rings is 1. The van der Waals surface area contributed by atoms with Crippen LogP contribution in [0.25, 0.3) is 5.69 Å². The van der Waals surface area contributed by atoms with E-state index in [1.165, 1.54) is 6.07 Å². The van der Waals surface area contributed by atoms with Crippen molar-refractivity contribution in [3.63, 3.8) is 0 Å². The quantitative estimate of drug-likeness (QED) is 0.893. The molecule has 0 spiro atoms. The van der Waals surface area contributed by atoms with Gasteiger partial charge in [-0.05, 0) is 56.7 Å². The summed E-state index contributed by atoms with van der Waals surface area (Å²) in [5.74, 6) is -0.366. The Labute approximate surface area is 158 Å². The van der Waals surface area contributed by atoms with Gasteiger partial charge in [0, 0.05) is 30.4 Å². The maximum atomic E-state index is 14.5. The van der Waals surface area contributed by atoms with Crippen LogP contribution in [-0.4, -0.2) is 39.7 Å². The van der Waals surface area contributed by atoms with Crippen LogP contribution in [0.5, 0.6) is 0 Å². The summed E-state index contributed by atoms with van der Waals surface area (Å²) in [7, 11) is 0. The summed E-state index contributed by atoms with van der Waals surface area (Å²) in [4.78, 5) is 14.9. The van der Waals surface area contributed by atoms with Crippen molar-refractivity contribution >= 4 is 18.3 Å². The van der Waals surface area contributed by atoms with Crippen LogP contribution in [0.1, 0.15) is 46.6 Å². The standard InChI is InChI=1S/C19H23FN4O.ClH/c1-12-7-8-17(15(20)10-12)24-16-6-2-5-14(16)18(22-24)19(25)23-9-3-4-13(23)11-21;/h7-8,10,13H,2-6,9,11,21H2,1H3;1H. The number of hydrogen-bond acceptors (Lipinski definition) is 3. The normalized spacial score (nSPS) is 18.7. The Hall–Kier alpha value is -1.92. The Morgan fingerprint density at radius 1 is 1.35 bits per heavy atom. The molecule has 5 nitrogen and oxygen atoms in total. The first-order valence-corrected chi connectivity index (χ1v) is 8.98. The highest BCUT2D eigenvalue weighted by atomic mass is 35.5. The van der Waals surface area contributed by atoms with Crippen LogP contribution >= 0.6 is 12.4 Å². The Morgan fingerprint density at radius 2 is 2.15 bits per heavy atom. The summed E-state index contributed by atoms with van der Waals surface area (Å²) >= 11 is 0. The number of carbonyl (C=O) groups excluding carboxylic acids is 1. The van der Waals surface area contributed by atoms with Crippen LogP contribution in [0.4, 0.5) is 4.39 Å². The van der Waals surface area contributed by atoms with E-state index >= 15 is 0 Å². The minimum Gasteiger partial charge on any atom is -0.333 e. The number of aromatic nitrogens is 2. The van der Waals surface area contributed by atoms with Crippen LogP contribution in [0, 0.1) is 12.7 Å². The molecule has 1 fully saturated rings. The van der Waals surface area contributed by atoms with Crippen molar-refractivity contribution < 1.29 is 9.18 Å². The van der Waals surface area contributed by atoms with Crippen molar-refractivity contribution in [2.45, 2.75) is 45.1 Å². The molecular formula is C19H24ClFN4O. The van der Waals surface area contributed by atoms with Crippen molar-refractivity contribution in [2.24, 2.45) is 5.73 Å². The van der Waals surface area contributed by atoms with E-state index in [2.05, 4.69) is 5.10 Å². The van der Waals surface area contributed by atoms with Crippen LogP contribution in [0.2, 0.25) is 0 Å². The molecule has 7 heteroatoms. The molecule has 4 rings (SSSR count). The summed E-state index contributed by atoms with van der Waals surface area (Å²) in [5.41, 5.74) is 9.52. The van der Waals surface area contributed by atoms with E-state index in [4.69, 9.17) is 5.73 Å². The molecule has 1 amide bonds. The molecule has 1 unspecified atom stereocenters. The lowest BCUT2D eigenvalue weighted by atomic mass is 10.1. The first kappa shape index (κ1) is 18.9. The van der Waals surface area contributed by atoms with Gasteiger partial charge >= 0.3 is 0 Å². The smallest absolute Gasteiger partial charge is 0.274 e. The monoisotopic (exact) mass is 378 g/mol. The zero-order valence-electron chi connectivity index (χ0n) is 14.9. The third-order valence-electron chi connectivity index (χ3n) is 5.37. The molecule has 1 aromatic carbocycles. The highest BCUT2D eigenvalue weighted by Crippen LogP contribution is 2.31. The average molecular weight is 379 g/mol. The predicted molar refractivity (Wildman–Crippen MR) is 101 cm³/mol. The lowest BCUT2D eigenvalue weighted by Gasteiger charge is -2.22. The molecule has 140 valence electrons. The van der Waals surface area contributed by atoms with E-state index in [1.807, 2.05) is 17.9 Å². The van der Waals surface area contributed by atoms with E-state index in [9.17, 15) is 9.18 Å². The van der Waals surface area contributed by atoms with E-state index in [-0.39, 0.29) is 30.2 Å². The van der Waals surface area contributed by atoms with Crippen molar-refractivity contribution in [1.82, 2.24) is 14.7 Å². The summed E-state index contributed by atoms with van der Waals surface area (Å²) in [5, 5.41) is 4.55. The van der Waals surface area contributed by atoms with Gasteiger partial charge in [-0.3, -0.25) is 4.79 Å². The van der Waals surface area contributed by atoms with Gasteiger partial charge in [-0.25, -0.2) is 9.07 Å². The number of aryl methyl sites for hydroxylation is 1. The highest BCUT2D eigenvalue weighted by Gasteiger charge is 2.34. The minimum absolute atomic E-state index is 0. The zero-order valence-corrected chi connectivity index (χ0v) is 15.7. The molecule has 2 heterocycles. The third kappa shape index (κ3) is 3.01. The molecule has 0 saturated carbocycles. The zero-order chi connectivity index (χ0) is 17.6. The van der Waals surface area contributed by atoms with E-state index < -0.39 is 0 Å². The number of hydrogen-bond donors (Lipinski definition) is 1. The van der Waals surface area contributed by atoms with E-state index in [0.29, 0.717) is 17.9 Å². The first-order chi connectivity index (χ1) is 12.1. The largest absolute Gasteiger partial charge is 0.333 e. The first-order valence-electron chi connectivity index (χ1n) is 8.98. The summed E-state index contributed by atoms with van der Waals surface area (Å²) in [6.45, 7) is 3.05. The van der Waals surface area contributed by atoms with Gasteiger partial charge < -0.3 is 10.6 Å². The maximum absolute atomic E-state index is 14.5. The fourth-order valence-electron chi connectivity index (χ4n) is 4.08.